The average molecular weight is 277 g/mol. The fourth-order valence-corrected chi connectivity index (χ4v) is 2.35. The highest BCUT2D eigenvalue weighted by molar-refractivity contribution is 6.06. The Kier molecular flexibility index (Phi) is 3.83. The molecule has 1 fully saturated rings. The van der Waals surface area contributed by atoms with E-state index >= 15 is 0 Å². The fraction of sp³-hybridized carbons (Fsp3) is 0.429. The topological polar surface area (TPSA) is 74.6 Å². The third-order valence-electron chi connectivity index (χ3n) is 3.27. The van der Waals surface area contributed by atoms with Gasteiger partial charge in [0.25, 0.3) is 0 Å². The molecule has 2 rings (SSSR count). The van der Waals surface area contributed by atoms with E-state index in [1.807, 2.05) is 26.0 Å². The molecule has 0 radical (unpaired) electrons. The summed E-state index contributed by atoms with van der Waals surface area (Å²) >= 11 is 0. The summed E-state index contributed by atoms with van der Waals surface area (Å²) in [7, 11) is 3.14. The predicted octanol–water partition coefficient (Wildman–Crippen LogP) is 2.16. The van der Waals surface area contributed by atoms with E-state index in [1.165, 1.54) is 0 Å². The number of benzene rings is 1. The summed E-state index contributed by atoms with van der Waals surface area (Å²) in [4.78, 5) is 13.6. The molecule has 6 nitrogen and oxygen atoms in total. The largest absolute Gasteiger partial charge is 0.497 e. The molecule has 1 aliphatic heterocycles. The SMILES string of the molecule is COc1cc(OC)cc(C2C(=N)NC(=O)N2C(C)C)c1. The molecule has 1 aromatic rings. The third kappa shape index (κ3) is 2.41. The molecule has 1 unspecified atom stereocenters. The molecule has 1 saturated heterocycles. The Morgan fingerprint density at radius 3 is 2.20 bits per heavy atom. The molecule has 1 aromatic carbocycles. The molecule has 0 aromatic heterocycles. The summed E-state index contributed by atoms with van der Waals surface area (Å²) in [6.45, 7) is 3.84. The smallest absolute Gasteiger partial charge is 0.323 e. The number of rotatable bonds is 4. The van der Waals surface area contributed by atoms with Crippen molar-refractivity contribution >= 4 is 11.9 Å². The summed E-state index contributed by atoms with van der Waals surface area (Å²) in [5.41, 5.74) is 0.790. The zero-order valence-corrected chi connectivity index (χ0v) is 12.1. The third-order valence-corrected chi connectivity index (χ3v) is 3.27. The number of urea groups is 1. The first kappa shape index (κ1) is 14.2. The minimum Gasteiger partial charge on any atom is -0.497 e. The van der Waals surface area contributed by atoms with Crippen molar-refractivity contribution in [3.8, 4) is 11.5 Å². The van der Waals surface area contributed by atoms with E-state index in [-0.39, 0.29) is 17.9 Å². The molecule has 0 spiro atoms. The summed E-state index contributed by atoms with van der Waals surface area (Å²) in [6, 6.07) is 4.69. The number of methoxy groups -OCH3 is 2. The molecule has 1 atom stereocenters. The van der Waals surface area contributed by atoms with E-state index in [1.54, 1.807) is 25.2 Å². The molecular formula is C14H19N3O3. The summed E-state index contributed by atoms with van der Waals surface area (Å²) in [6.07, 6.45) is 0. The monoisotopic (exact) mass is 277 g/mol. The van der Waals surface area contributed by atoms with Crippen molar-refractivity contribution in [1.29, 1.82) is 5.41 Å². The maximum absolute atomic E-state index is 11.9. The zero-order valence-electron chi connectivity index (χ0n) is 12.1. The van der Waals surface area contributed by atoms with E-state index in [2.05, 4.69) is 5.32 Å². The van der Waals surface area contributed by atoms with Gasteiger partial charge in [-0.2, -0.15) is 0 Å². The number of amides is 2. The minimum atomic E-state index is -0.438. The van der Waals surface area contributed by atoms with Crippen LogP contribution in [0.5, 0.6) is 11.5 Å². The highest BCUT2D eigenvalue weighted by atomic mass is 16.5. The van der Waals surface area contributed by atoms with Gasteiger partial charge in [0.2, 0.25) is 0 Å². The number of ether oxygens (including phenoxy) is 2. The van der Waals surface area contributed by atoms with E-state index in [4.69, 9.17) is 14.9 Å². The molecule has 0 aliphatic carbocycles. The average Bonchev–Trinajstić information content (AvgIpc) is 2.72. The van der Waals surface area contributed by atoms with Crippen LogP contribution in [0.1, 0.15) is 25.5 Å². The molecular weight excluding hydrogens is 258 g/mol. The number of nitrogens with one attached hydrogen (secondary N) is 2. The van der Waals surface area contributed by atoms with Crippen molar-refractivity contribution in [3.05, 3.63) is 23.8 Å². The van der Waals surface area contributed by atoms with Crippen molar-refractivity contribution in [1.82, 2.24) is 10.2 Å². The maximum atomic E-state index is 11.9. The van der Waals surface area contributed by atoms with E-state index < -0.39 is 6.04 Å². The lowest BCUT2D eigenvalue weighted by Crippen LogP contribution is -2.35. The molecule has 108 valence electrons. The Balaban J connectivity index is 2.48. The second kappa shape index (κ2) is 5.40. The van der Waals surface area contributed by atoms with Crippen molar-refractivity contribution in [2.45, 2.75) is 25.9 Å². The Hall–Kier alpha value is -2.24. The van der Waals surface area contributed by atoms with Crippen LogP contribution >= 0.6 is 0 Å². The van der Waals surface area contributed by atoms with Crippen LogP contribution in [0.15, 0.2) is 18.2 Å². The van der Waals surface area contributed by atoms with Gasteiger partial charge in [0.15, 0.2) is 0 Å². The Morgan fingerprint density at radius 2 is 1.75 bits per heavy atom. The maximum Gasteiger partial charge on any atom is 0.323 e. The van der Waals surface area contributed by atoms with Crippen molar-refractivity contribution in [2.75, 3.05) is 14.2 Å². The number of hydrogen-bond acceptors (Lipinski definition) is 4. The standard InChI is InChI=1S/C14H19N3O3/c1-8(2)17-12(13(15)16-14(17)18)9-5-10(19-3)7-11(6-9)20-4/h5-8,12H,1-4H3,(H2,15,16,18). The predicted molar refractivity (Wildman–Crippen MR) is 75.5 cm³/mol. The van der Waals surface area contributed by atoms with Gasteiger partial charge in [-0.3, -0.25) is 10.7 Å². The first-order valence-corrected chi connectivity index (χ1v) is 6.38. The van der Waals surface area contributed by atoms with E-state index in [9.17, 15) is 4.79 Å². The second-order valence-corrected chi connectivity index (χ2v) is 4.89. The highest BCUT2D eigenvalue weighted by Crippen LogP contribution is 2.33. The lowest BCUT2D eigenvalue weighted by atomic mass is 10.0. The van der Waals surface area contributed by atoms with Crippen molar-refractivity contribution in [3.63, 3.8) is 0 Å². The highest BCUT2D eigenvalue weighted by Gasteiger charge is 2.38. The van der Waals surface area contributed by atoms with Gasteiger partial charge in [-0.25, -0.2) is 4.79 Å². The Labute approximate surface area is 118 Å². The van der Waals surface area contributed by atoms with Crippen LogP contribution in [-0.4, -0.2) is 37.0 Å². The molecule has 2 amide bonds. The fourth-order valence-electron chi connectivity index (χ4n) is 2.35. The van der Waals surface area contributed by atoms with Gasteiger partial charge in [0.05, 0.1) is 14.2 Å². The number of carbonyl (C=O) groups excluding carboxylic acids is 1. The first-order chi connectivity index (χ1) is 9.47. The number of carbonyl (C=O) groups is 1. The minimum absolute atomic E-state index is 0.0138. The van der Waals surface area contributed by atoms with Crippen LogP contribution in [0.25, 0.3) is 0 Å². The van der Waals surface area contributed by atoms with Gasteiger partial charge in [-0.05, 0) is 31.5 Å². The van der Waals surface area contributed by atoms with E-state index in [0.29, 0.717) is 11.5 Å². The van der Waals surface area contributed by atoms with Crippen molar-refractivity contribution in [2.24, 2.45) is 0 Å². The molecule has 0 saturated carbocycles. The van der Waals surface area contributed by atoms with Gasteiger partial charge >= 0.3 is 6.03 Å². The van der Waals surface area contributed by atoms with Crippen LogP contribution in [0.3, 0.4) is 0 Å². The lowest BCUT2D eigenvalue weighted by Gasteiger charge is -2.27. The summed E-state index contributed by atoms with van der Waals surface area (Å²) < 4.78 is 10.5. The van der Waals surface area contributed by atoms with Crippen LogP contribution in [0, 0.1) is 5.41 Å². The number of hydrogen-bond donors (Lipinski definition) is 2. The summed E-state index contributed by atoms with van der Waals surface area (Å²) in [5.74, 6) is 1.43. The van der Waals surface area contributed by atoms with Crippen LogP contribution < -0.4 is 14.8 Å². The van der Waals surface area contributed by atoms with Gasteiger partial charge in [-0.1, -0.05) is 0 Å². The Bertz CT molecular complexity index is 520. The number of nitrogens with zero attached hydrogens (tertiary/aromatic N) is 1. The van der Waals surface area contributed by atoms with Crippen LogP contribution in [0.4, 0.5) is 4.79 Å². The van der Waals surface area contributed by atoms with Crippen LogP contribution in [0.2, 0.25) is 0 Å². The quantitative estimate of drug-likeness (QED) is 0.885. The molecule has 6 heteroatoms. The molecule has 2 N–H and O–H groups in total. The van der Waals surface area contributed by atoms with Gasteiger partial charge < -0.3 is 14.4 Å². The molecule has 20 heavy (non-hydrogen) atoms. The van der Waals surface area contributed by atoms with Crippen molar-refractivity contribution < 1.29 is 14.3 Å². The molecule has 0 bridgehead atoms. The number of amidine groups is 1. The second-order valence-electron chi connectivity index (χ2n) is 4.89. The Morgan fingerprint density at radius 1 is 1.20 bits per heavy atom. The van der Waals surface area contributed by atoms with Crippen LogP contribution in [-0.2, 0) is 0 Å². The van der Waals surface area contributed by atoms with Gasteiger partial charge in [-0.15, -0.1) is 0 Å². The molecule has 1 aliphatic rings. The van der Waals surface area contributed by atoms with Gasteiger partial charge in [0.1, 0.15) is 23.4 Å². The van der Waals surface area contributed by atoms with Gasteiger partial charge in [0, 0.05) is 12.1 Å². The normalized spacial score (nSPS) is 18.4. The lowest BCUT2D eigenvalue weighted by molar-refractivity contribution is 0.190. The van der Waals surface area contributed by atoms with E-state index in [0.717, 1.165) is 5.56 Å². The first-order valence-electron chi connectivity index (χ1n) is 6.38. The summed E-state index contributed by atoms with van der Waals surface area (Å²) in [5, 5.41) is 10.6. The zero-order chi connectivity index (χ0) is 14.9. The molecule has 1 heterocycles.